The molecular formula is C39H43ClN8O8. The molecule has 56 heavy (non-hydrogen) atoms. The maximum absolute atomic E-state index is 12.8. The van der Waals surface area contributed by atoms with Crippen LogP contribution in [-0.2, 0) is 30.3 Å². The van der Waals surface area contributed by atoms with E-state index in [0.717, 1.165) is 64.7 Å². The van der Waals surface area contributed by atoms with Crippen LogP contribution in [0.4, 0.5) is 5.69 Å². The number of alkyl halides is 1. The molecule has 3 aromatic carbocycles. The first-order valence-electron chi connectivity index (χ1n) is 18.7. The van der Waals surface area contributed by atoms with Gasteiger partial charge in [0.1, 0.15) is 29.0 Å². The number of carbonyl (C=O) groups excluding carboxylic acids is 3. The topological polar surface area (TPSA) is 187 Å². The number of amides is 3. The molecule has 5 aromatic rings. The normalized spacial score (nSPS) is 14.4. The summed E-state index contributed by atoms with van der Waals surface area (Å²) in [6.07, 6.45) is 3.38. The average molecular weight is 787 g/mol. The highest BCUT2D eigenvalue weighted by Crippen LogP contribution is 2.34. The van der Waals surface area contributed by atoms with E-state index < -0.39 is 0 Å². The Hall–Kier alpha value is -5.58. The van der Waals surface area contributed by atoms with Crippen LogP contribution in [0, 0.1) is 0 Å². The molecule has 17 heteroatoms. The maximum atomic E-state index is 12.8. The molecule has 1 fully saturated rings. The van der Waals surface area contributed by atoms with Gasteiger partial charge in [-0.25, -0.2) is 0 Å². The van der Waals surface area contributed by atoms with Crippen molar-refractivity contribution in [2.24, 2.45) is 0 Å². The molecule has 3 amide bonds. The summed E-state index contributed by atoms with van der Waals surface area (Å²) in [5.74, 6) is 1.99. The zero-order chi connectivity index (χ0) is 38.7. The summed E-state index contributed by atoms with van der Waals surface area (Å²) in [7, 11) is 0. The Morgan fingerprint density at radius 1 is 0.911 bits per heavy atom. The van der Waals surface area contributed by atoms with Gasteiger partial charge in [-0.1, -0.05) is 17.3 Å². The molecular weight excluding hydrogens is 744 g/mol. The van der Waals surface area contributed by atoms with Gasteiger partial charge in [-0.05, 0) is 72.1 Å². The van der Waals surface area contributed by atoms with Crippen molar-refractivity contribution in [1.29, 1.82) is 0 Å². The fourth-order valence-corrected chi connectivity index (χ4v) is 6.94. The number of hydrogen-bond acceptors (Lipinski definition) is 12. The van der Waals surface area contributed by atoms with E-state index in [1.807, 2.05) is 59.5 Å². The number of nitrogens with one attached hydrogen (secondary N) is 2. The average Bonchev–Trinajstić information content (AvgIpc) is 3.93. The Morgan fingerprint density at radius 3 is 2.59 bits per heavy atom. The van der Waals surface area contributed by atoms with Crippen LogP contribution in [0.25, 0.3) is 33.6 Å². The highest BCUT2D eigenvalue weighted by Gasteiger charge is 2.25. The Labute approximate surface area is 327 Å². The molecule has 0 atom stereocenters. The van der Waals surface area contributed by atoms with Crippen molar-refractivity contribution in [3.05, 3.63) is 66.2 Å². The van der Waals surface area contributed by atoms with Crippen molar-refractivity contribution < 1.29 is 37.9 Å². The van der Waals surface area contributed by atoms with Gasteiger partial charge in [0.15, 0.2) is 12.4 Å². The summed E-state index contributed by atoms with van der Waals surface area (Å²) in [5.41, 5.74) is 4.18. The molecule has 16 nitrogen and oxygen atoms in total. The predicted molar refractivity (Wildman–Crippen MR) is 205 cm³/mol. The Morgan fingerprint density at radius 2 is 1.77 bits per heavy atom. The standard InChI is InChI=1S/C39H43ClN8O8/c40-24-37(51)48-14-2-4-26-21-30(7-9-34(26)48)54-25-35(49)41-13-18-53-20-19-52-17-12-36(50)47-15-10-29(11-16-47)55-31-5-1-3-27(22-31)38-32-23-28(39-42-45-46-43-39)6-8-33(32)44-56-38/h1,3,5-9,21-23,29H,2,4,10-20,24-25H2,(H,41,49)(H,42,43,45,46). The third-order valence-electron chi connectivity index (χ3n) is 9.63. The van der Waals surface area contributed by atoms with E-state index in [4.69, 9.17) is 35.1 Å². The number of likely N-dealkylation sites (tertiary alicyclic amines) is 1. The van der Waals surface area contributed by atoms with Gasteiger partial charge in [0.05, 0.1) is 38.2 Å². The molecule has 294 valence electrons. The third-order valence-corrected chi connectivity index (χ3v) is 9.86. The number of carbonyl (C=O) groups is 3. The van der Waals surface area contributed by atoms with Gasteiger partial charge >= 0.3 is 0 Å². The Bertz CT molecular complexity index is 2100. The van der Waals surface area contributed by atoms with E-state index in [9.17, 15) is 14.4 Å². The Kier molecular flexibility index (Phi) is 13.0. The molecule has 0 aliphatic carbocycles. The molecule has 2 aliphatic rings. The van der Waals surface area contributed by atoms with Gasteiger partial charge in [-0.2, -0.15) is 5.21 Å². The number of fused-ring (bicyclic) bond motifs is 2. The van der Waals surface area contributed by atoms with Crippen LogP contribution in [0.3, 0.4) is 0 Å². The fourth-order valence-electron chi connectivity index (χ4n) is 6.80. The van der Waals surface area contributed by atoms with Crippen molar-refractivity contribution in [2.75, 3.05) is 70.0 Å². The van der Waals surface area contributed by atoms with Crippen molar-refractivity contribution in [2.45, 2.75) is 38.2 Å². The first kappa shape index (κ1) is 38.7. The van der Waals surface area contributed by atoms with Crippen LogP contribution in [0.5, 0.6) is 11.5 Å². The van der Waals surface area contributed by atoms with Crippen molar-refractivity contribution in [3.63, 3.8) is 0 Å². The van der Waals surface area contributed by atoms with Crippen LogP contribution < -0.4 is 19.7 Å². The number of aryl methyl sites for hydroxylation is 1. The van der Waals surface area contributed by atoms with E-state index in [-0.39, 0.29) is 42.7 Å². The lowest BCUT2D eigenvalue weighted by Crippen LogP contribution is -2.42. The molecule has 4 heterocycles. The Balaban J connectivity index is 0.738. The summed E-state index contributed by atoms with van der Waals surface area (Å²) < 4.78 is 28.9. The first-order valence-corrected chi connectivity index (χ1v) is 19.2. The van der Waals surface area contributed by atoms with E-state index in [1.54, 1.807) is 11.0 Å². The fraction of sp³-hybridized carbons (Fsp3) is 0.410. The number of ether oxygens (including phenoxy) is 4. The lowest BCUT2D eigenvalue weighted by Gasteiger charge is -2.32. The molecule has 0 unspecified atom stereocenters. The van der Waals surface area contributed by atoms with Gasteiger partial charge in [-0.3, -0.25) is 14.4 Å². The lowest BCUT2D eigenvalue weighted by molar-refractivity contribution is -0.134. The number of anilines is 1. The van der Waals surface area contributed by atoms with Gasteiger partial charge < -0.3 is 38.6 Å². The van der Waals surface area contributed by atoms with Crippen LogP contribution in [-0.4, -0.2) is 120 Å². The molecule has 1 saturated heterocycles. The minimum absolute atomic E-state index is 0.0205. The maximum Gasteiger partial charge on any atom is 0.258 e. The minimum atomic E-state index is -0.265. The quantitative estimate of drug-likeness (QED) is 0.101. The SMILES string of the molecule is O=C(COc1ccc2c(c1)CCCN2C(=O)CCl)NCCOCCOCCC(=O)N1CCC(Oc2cccc(-c3onc4ccc(-c5nn[nH]n5)cc34)c2)CC1. The van der Waals surface area contributed by atoms with Crippen molar-refractivity contribution in [3.8, 4) is 34.2 Å². The number of aromatic nitrogens is 5. The molecule has 2 aromatic heterocycles. The molecule has 7 rings (SSSR count). The van der Waals surface area contributed by atoms with Gasteiger partial charge in [-0.15, -0.1) is 21.8 Å². The number of H-pyrrole nitrogens is 1. The second-order valence-electron chi connectivity index (χ2n) is 13.4. The summed E-state index contributed by atoms with van der Waals surface area (Å²) in [6.45, 7) is 3.36. The lowest BCUT2D eigenvalue weighted by atomic mass is 10.0. The van der Waals surface area contributed by atoms with E-state index in [0.29, 0.717) is 69.9 Å². The number of benzene rings is 3. The molecule has 0 bridgehead atoms. The molecule has 0 radical (unpaired) electrons. The van der Waals surface area contributed by atoms with E-state index in [1.165, 1.54) is 0 Å². The van der Waals surface area contributed by atoms with E-state index in [2.05, 4.69) is 31.1 Å². The number of tetrazole rings is 1. The summed E-state index contributed by atoms with van der Waals surface area (Å²) >= 11 is 5.75. The van der Waals surface area contributed by atoms with Crippen molar-refractivity contribution in [1.82, 2.24) is 36.0 Å². The number of rotatable bonds is 17. The molecule has 0 spiro atoms. The van der Waals surface area contributed by atoms with Crippen LogP contribution in [0.1, 0.15) is 31.2 Å². The monoisotopic (exact) mass is 786 g/mol. The summed E-state index contributed by atoms with van der Waals surface area (Å²) in [5, 5.41) is 22.0. The smallest absolute Gasteiger partial charge is 0.258 e. The number of hydrogen-bond donors (Lipinski definition) is 2. The number of piperidine rings is 1. The van der Waals surface area contributed by atoms with Gasteiger partial charge in [0, 0.05) is 55.8 Å². The highest BCUT2D eigenvalue weighted by molar-refractivity contribution is 6.29. The first-order chi connectivity index (χ1) is 27.4. The molecule has 2 aliphatic heterocycles. The van der Waals surface area contributed by atoms with Gasteiger partial charge in [0.2, 0.25) is 17.6 Å². The minimum Gasteiger partial charge on any atom is -0.490 e. The zero-order valence-corrected chi connectivity index (χ0v) is 31.5. The second kappa shape index (κ2) is 18.8. The van der Waals surface area contributed by atoms with Crippen LogP contribution in [0.15, 0.2) is 65.2 Å². The highest BCUT2D eigenvalue weighted by atomic mass is 35.5. The van der Waals surface area contributed by atoms with Crippen molar-refractivity contribution >= 4 is 45.9 Å². The largest absolute Gasteiger partial charge is 0.490 e. The zero-order valence-electron chi connectivity index (χ0n) is 30.8. The summed E-state index contributed by atoms with van der Waals surface area (Å²) in [4.78, 5) is 40.7. The second-order valence-corrected chi connectivity index (χ2v) is 13.7. The number of aromatic amines is 1. The van der Waals surface area contributed by atoms with Gasteiger partial charge in [0.25, 0.3) is 5.91 Å². The third kappa shape index (κ3) is 9.80. The predicted octanol–water partition coefficient (Wildman–Crippen LogP) is 4.18. The number of nitrogens with zero attached hydrogens (tertiary/aromatic N) is 6. The summed E-state index contributed by atoms with van der Waals surface area (Å²) in [6, 6.07) is 18.8. The molecule has 0 saturated carbocycles. The van der Waals surface area contributed by atoms with E-state index >= 15 is 0 Å². The molecule has 2 N–H and O–H groups in total. The van der Waals surface area contributed by atoms with Crippen LogP contribution >= 0.6 is 11.6 Å². The number of halogens is 1. The van der Waals surface area contributed by atoms with Crippen LogP contribution in [0.2, 0.25) is 0 Å².